The molecule has 3 heteroatoms. The Balaban J connectivity index is 3.58. The van der Waals surface area contributed by atoms with Crippen LogP contribution in [0.25, 0.3) is 0 Å². The monoisotopic (exact) mass is 214 g/mol. The molecule has 72 valence electrons. The highest BCUT2D eigenvalue weighted by molar-refractivity contribution is 8.22. The summed E-state index contributed by atoms with van der Waals surface area (Å²) in [4.78, 5) is 0. The predicted octanol–water partition coefficient (Wildman–Crippen LogP) is 2.87. The molecule has 1 atom stereocenters. The lowest BCUT2D eigenvalue weighted by molar-refractivity contribution is 0.346. The van der Waals surface area contributed by atoms with Crippen molar-refractivity contribution in [2.75, 3.05) is 12.4 Å². The molecule has 0 amide bonds. The second-order valence-electron chi connectivity index (χ2n) is 2.32. The van der Waals surface area contributed by atoms with Gasteiger partial charge in [0.2, 0.25) is 4.38 Å². The van der Waals surface area contributed by atoms with E-state index in [1.165, 1.54) is 11.8 Å². The number of ether oxygens (including phenoxy) is 1. The van der Waals surface area contributed by atoms with E-state index in [0.29, 0.717) is 16.7 Å². The van der Waals surface area contributed by atoms with Gasteiger partial charge in [-0.1, -0.05) is 29.7 Å². The van der Waals surface area contributed by atoms with E-state index in [1.54, 1.807) is 0 Å². The highest BCUT2D eigenvalue weighted by atomic mass is 32.2. The number of rotatable bonds is 3. The van der Waals surface area contributed by atoms with E-state index in [9.17, 15) is 0 Å². The highest BCUT2D eigenvalue weighted by Crippen LogP contribution is 2.04. The molecule has 0 aliphatic rings. The van der Waals surface area contributed by atoms with E-state index in [-0.39, 0.29) is 5.92 Å². The molecule has 0 fully saturated rings. The van der Waals surface area contributed by atoms with Gasteiger partial charge in [0, 0.05) is 5.92 Å². The Morgan fingerprint density at radius 3 is 3.00 bits per heavy atom. The van der Waals surface area contributed by atoms with Gasteiger partial charge < -0.3 is 4.74 Å². The molecule has 0 N–H and O–H groups in total. The van der Waals surface area contributed by atoms with Crippen molar-refractivity contribution in [1.29, 1.82) is 0 Å². The maximum atomic E-state index is 5.08. The van der Waals surface area contributed by atoms with Crippen molar-refractivity contribution in [3.8, 4) is 11.8 Å². The largest absolute Gasteiger partial charge is 0.479 e. The smallest absolute Gasteiger partial charge is 0.220 e. The van der Waals surface area contributed by atoms with Crippen LogP contribution in [0.4, 0.5) is 0 Å². The normalized spacial score (nSPS) is 10.9. The molecule has 0 saturated carbocycles. The summed E-state index contributed by atoms with van der Waals surface area (Å²) in [6.45, 7) is 8.19. The summed E-state index contributed by atoms with van der Waals surface area (Å²) < 4.78 is 5.65. The molecule has 0 heterocycles. The Morgan fingerprint density at radius 1 is 1.77 bits per heavy atom. The third-order valence-corrected chi connectivity index (χ3v) is 2.32. The third-order valence-electron chi connectivity index (χ3n) is 1.21. The molecule has 0 aromatic carbocycles. The molecule has 0 saturated heterocycles. The van der Waals surface area contributed by atoms with Gasteiger partial charge in [-0.05, 0) is 26.1 Å². The number of thioether (sulfide) groups is 1. The minimum Gasteiger partial charge on any atom is -0.479 e. The lowest BCUT2D eigenvalue weighted by Crippen LogP contribution is -1.96. The summed E-state index contributed by atoms with van der Waals surface area (Å²) in [5.74, 6) is 6.97. The van der Waals surface area contributed by atoms with Crippen LogP contribution in [0.15, 0.2) is 12.7 Å². The van der Waals surface area contributed by atoms with Gasteiger partial charge in [0.15, 0.2) is 0 Å². The van der Waals surface area contributed by atoms with Crippen molar-refractivity contribution in [2.24, 2.45) is 5.92 Å². The molecule has 0 bridgehead atoms. The fourth-order valence-corrected chi connectivity index (χ4v) is 1.29. The van der Waals surface area contributed by atoms with E-state index in [1.807, 2.05) is 19.9 Å². The average molecular weight is 214 g/mol. The van der Waals surface area contributed by atoms with Gasteiger partial charge in [-0.2, -0.15) is 0 Å². The van der Waals surface area contributed by atoms with Crippen LogP contribution in [0.3, 0.4) is 0 Å². The summed E-state index contributed by atoms with van der Waals surface area (Å²) in [5, 5.41) is 0. The molecule has 0 aliphatic carbocycles. The van der Waals surface area contributed by atoms with Crippen LogP contribution in [-0.2, 0) is 4.74 Å². The molecule has 0 aliphatic heterocycles. The number of hydrogen-bond acceptors (Lipinski definition) is 3. The molecule has 0 aromatic rings. The molecular weight excluding hydrogens is 200 g/mol. The number of thiocarbonyl (C=S) groups is 1. The van der Waals surface area contributed by atoms with Crippen molar-refractivity contribution in [2.45, 2.75) is 13.8 Å². The zero-order chi connectivity index (χ0) is 10.1. The molecule has 0 aromatic heterocycles. The topological polar surface area (TPSA) is 9.23 Å². The molecule has 1 nitrogen and oxygen atoms in total. The second-order valence-corrected chi connectivity index (χ2v) is 3.89. The molecule has 1 unspecified atom stereocenters. The molecule has 0 rings (SSSR count). The van der Waals surface area contributed by atoms with Gasteiger partial charge in [-0.3, -0.25) is 0 Å². The van der Waals surface area contributed by atoms with Crippen molar-refractivity contribution in [1.82, 2.24) is 0 Å². The van der Waals surface area contributed by atoms with Gasteiger partial charge in [-0.15, -0.1) is 6.58 Å². The average Bonchev–Trinajstić information content (AvgIpc) is 2.12. The van der Waals surface area contributed by atoms with Crippen LogP contribution >= 0.6 is 24.0 Å². The SMILES string of the molecule is C=CC(C)C#CCSC(=S)OCC. The van der Waals surface area contributed by atoms with Crippen molar-refractivity contribution in [3.63, 3.8) is 0 Å². The lowest BCUT2D eigenvalue weighted by atomic mass is 10.2. The summed E-state index contributed by atoms with van der Waals surface area (Å²) in [7, 11) is 0. The summed E-state index contributed by atoms with van der Waals surface area (Å²) >= 11 is 6.37. The fraction of sp³-hybridized carbons (Fsp3) is 0.500. The van der Waals surface area contributed by atoms with Gasteiger partial charge in [0.1, 0.15) is 0 Å². The Hall–Kier alpha value is -0.460. The van der Waals surface area contributed by atoms with Crippen molar-refractivity contribution >= 4 is 28.4 Å². The second kappa shape index (κ2) is 8.15. The van der Waals surface area contributed by atoms with E-state index in [4.69, 9.17) is 17.0 Å². The van der Waals surface area contributed by atoms with E-state index < -0.39 is 0 Å². The van der Waals surface area contributed by atoms with Crippen LogP contribution in [0.2, 0.25) is 0 Å². The Labute approximate surface area is 89.9 Å². The Kier molecular flexibility index (Phi) is 7.86. The van der Waals surface area contributed by atoms with Crippen molar-refractivity contribution in [3.05, 3.63) is 12.7 Å². The molecule has 13 heavy (non-hydrogen) atoms. The van der Waals surface area contributed by atoms with Gasteiger partial charge in [-0.25, -0.2) is 0 Å². The maximum absolute atomic E-state index is 5.08. The number of allylic oxidation sites excluding steroid dienone is 1. The van der Waals surface area contributed by atoms with Crippen LogP contribution < -0.4 is 0 Å². The highest BCUT2D eigenvalue weighted by Gasteiger charge is 1.93. The predicted molar refractivity (Wildman–Crippen MR) is 63.8 cm³/mol. The molecule has 0 spiro atoms. The first kappa shape index (κ1) is 12.5. The Bertz CT molecular complexity index is 225. The van der Waals surface area contributed by atoms with Crippen LogP contribution in [0.1, 0.15) is 13.8 Å². The number of hydrogen-bond donors (Lipinski definition) is 0. The molecular formula is C10H14OS2. The first-order valence-corrected chi connectivity index (χ1v) is 5.50. The first-order valence-electron chi connectivity index (χ1n) is 4.11. The first-order chi connectivity index (χ1) is 6.20. The summed E-state index contributed by atoms with van der Waals surface area (Å²) in [5.41, 5.74) is 0. The van der Waals surface area contributed by atoms with E-state index in [0.717, 1.165) is 0 Å². The van der Waals surface area contributed by atoms with Crippen LogP contribution in [0.5, 0.6) is 0 Å². The summed E-state index contributed by atoms with van der Waals surface area (Å²) in [6, 6.07) is 0. The van der Waals surface area contributed by atoms with Crippen LogP contribution in [0, 0.1) is 17.8 Å². The minimum absolute atomic E-state index is 0.251. The van der Waals surface area contributed by atoms with Crippen molar-refractivity contribution < 1.29 is 4.74 Å². The standard InChI is InChI=1S/C10H14OS2/c1-4-9(3)7-6-8-13-10(12)11-5-2/h4,9H,1,5,8H2,2-3H3. The van der Waals surface area contributed by atoms with E-state index >= 15 is 0 Å². The fourth-order valence-electron chi connectivity index (χ4n) is 0.516. The maximum Gasteiger partial charge on any atom is 0.220 e. The zero-order valence-electron chi connectivity index (χ0n) is 8.00. The lowest BCUT2D eigenvalue weighted by Gasteiger charge is -1.99. The van der Waals surface area contributed by atoms with Gasteiger partial charge in [0.25, 0.3) is 0 Å². The van der Waals surface area contributed by atoms with Gasteiger partial charge in [0.05, 0.1) is 12.4 Å². The quantitative estimate of drug-likeness (QED) is 0.406. The molecule has 0 radical (unpaired) electrons. The van der Waals surface area contributed by atoms with Crippen LogP contribution in [-0.4, -0.2) is 16.7 Å². The summed E-state index contributed by atoms with van der Waals surface area (Å²) in [6.07, 6.45) is 1.82. The van der Waals surface area contributed by atoms with E-state index in [2.05, 4.69) is 18.4 Å². The third kappa shape index (κ3) is 7.89. The Morgan fingerprint density at radius 2 is 2.46 bits per heavy atom. The minimum atomic E-state index is 0.251. The zero-order valence-corrected chi connectivity index (χ0v) is 9.63. The van der Waals surface area contributed by atoms with Gasteiger partial charge >= 0.3 is 0 Å².